The minimum Gasteiger partial charge on any atom is -0.486 e. The summed E-state index contributed by atoms with van der Waals surface area (Å²) in [6.45, 7) is 4.26. The van der Waals surface area contributed by atoms with E-state index < -0.39 is 5.91 Å². The number of rotatable bonds is 4. The van der Waals surface area contributed by atoms with Crippen molar-refractivity contribution in [2.24, 2.45) is 0 Å². The van der Waals surface area contributed by atoms with Crippen LogP contribution in [0, 0.1) is 0 Å². The predicted molar refractivity (Wildman–Crippen MR) is 93.8 cm³/mol. The molecule has 2 aromatic rings. The first kappa shape index (κ1) is 16.3. The molecule has 1 N–H and O–H groups in total. The predicted octanol–water partition coefficient (Wildman–Crippen LogP) is 3.58. The average Bonchev–Trinajstić information content (AvgIpc) is 2.61. The van der Waals surface area contributed by atoms with Crippen LogP contribution in [0.4, 0.5) is 5.69 Å². The second-order valence-electron chi connectivity index (χ2n) is 5.04. The first-order chi connectivity index (χ1) is 11.6. The molecule has 122 valence electrons. The van der Waals surface area contributed by atoms with Crippen molar-refractivity contribution in [1.29, 1.82) is 0 Å². The molecule has 24 heavy (non-hydrogen) atoms. The Morgan fingerprint density at radius 1 is 1.08 bits per heavy atom. The van der Waals surface area contributed by atoms with E-state index in [4.69, 9.17) is 9.47 Å². The van der Waals surface area contributed by atoms with Crippen LogP contribution in [0.2, 0.25) is 0 Å². The van der Waals surface area contributed by atoms with Gasteiger partial charge in [0.15, 0.2) is 17.3 Å². The van der Waals surface area contributed by atoms with Gasteiger partial charge in [0.1, 0.15) is 13.2 Å². The fraction of sp³-hybridized carbons (Fsp3) is 0.111. The second kappa shape index (κ2) is 6.88. The van der Waals surface area contributed by atoms with Gasteiger partial charge in [0.05, 0.1) is 11.3 Å². The molecule has 0 spiro atoms. The summed E-state index contributed by atoms with van der Waals surface area (Å²) >= 11 is 3.38. The summed E-state index contributed by atoms with van der Waals surface area (Å²) in [5, 5.41) is 2.65. The van der Waals surface area contributed by atoms with Crippen LogP contribution in [0.1, 0.15) is 15.9 Å². The Bertz CT molecular complexity index is 832. The van der Waals surface area contributed by atoms with E-state index >= 15 is 0 Å². The molecule has 0 fully saturated rings. The Kier molecular flexibility index (Phi) is 4.66. The second-order valence-corrected chi connectivity index (χ2v) is 5.90. The van der Waals surface area contributed by atoms with Crippen molar-refractivity contribution in [3.8, 4) is 11.5 Å². The lowest BCUT2D eigenvalue weighted by atomic mass is 10.0. The maximum absolute atomic E-state index is 12.9. The zero-order chi connectivity index (χ0) is 17.1. The third kappa shape index (κ3) is 3.19. The number of carbonyl (C=O) groups is 2. The summed E-state index contributed by atoms with van der Waals surface area (Å²) in [5.41, 5.74) is 1.16. The van der Waals surface area contributed by atoms with Gasteiger partial charge in [-0.05, 0) is 24.3 Å². The van der Waals surface area contributed by atoms with Gasteiger partial charge >= 0.3 is 0 Å². The molecule has 5 nitrogen and oxygen atoms in total. The quantitative estimate of drug-likeness (QED) is 0.643. The Morgan fingerprint density at radius 3 is 2.42 bits per heavy atom. The lowest BCUT2D eigenvalue weighted by Crippen LogP contribution is -2.18. The number of hydrogen-bond donors (Lipinski definition) is 1. The number of ether oxygens (including phenoxy) is 2. The van der Waals surface area contributed by atoms with E-state index in [1.54, 1.807) is 30.3 Å². The Labute approximate surface area is 147 Å². The van der Waals surface area contributed by atoms with E-state index in [1.807, 2.05) is 6.07 Å². The zero-order valence-corrected chi connectivity index (χ0v) is 14.3. The summed E-state index contributed by atoms with van der Waals surface area (Å²) in [6, 6.07) is 10.3. The van der Waals surface area contributed by atoms with Gasteiger partial charge in [-0.2, -0.15) is 0 Å². The fourth-order valence-electron chi connectivity index (χ4n) is 2.35. The van der Waals surface area contributed by atoms with Gasteiger partial charge in [-0.1, -0.05) is 34.6 Å². The number of fused-ring (bicyclic) bond motifs is 1. The van der Waals surface area contributed by atoms with Gasteiger partial charge in [0, 0.05) is 16.1 Å². The van der Waals surface area contributed by atoms with E-state index in [0.717, 1.165) is 6.08 Å². The Hall–Kier alpha value is -2.60. The fourth-order valence-corrected chi connectivity index (χ4v) is 2.82. The molecule has 0 unspecified atom stereocenters. The van der Waals surface area contributed by atoms with Gasteiger partial charge in [0.2, 0.25) is 5.91 Å². The third-order valence-electron chi connectivity index (χ3n) is 3.49. The van der Waals surface area contributed by atoms with Crippen molar-refractivity contribution in [3.63, 3.8) is 0 Å². The molecule has 0 bridgehead atoms. The SMILES string of the molecule is C=CC(=O)Nc1cc2c(cc1C(=O)c1ccccc1Br)OCCO2. The van der Waals surface area contributed by atoms with Crippen LogP contribution >= 0.6 is 15.9 Å². The zero-order valence-electron chi connectivity index (χ0n) is 12.7. The lowest BCUT2D eigenvalue weighted by molar-refractivity contribution is -0.111. The molecule has 0 radical (unpaired) electrons. The lowest BCUT2D eigenvalue weighted by Gasteiger charge is -2.21. The standard InChI is InChI=1S/C18H14BrNO4/c1-2-17(21)20-14-10-16-15(23-7-8-24-16)9-12(14)18(22)11-5-3-4-6-13(11)19/h2-6,9-10H,1,7-8H2,(H,20,21). The first-order valence-corrected chi connectivity index (χ1v) is 8.05. The molecule has 0 aromatic heterocycles. The molecule has 1 aliphatic rings. The summed E-state index contributed by atoms with van der Waals surface area (Å²) in [6.07, 6.45) is 1.14. The normalized spacial score (nSPS) is 12.4. The van der Waals surface area contributed by atoms with Gasteiger partial charge in [-0.15, -0.1) is 0 Å². The maximum atomic E-state index is 12.9. The molecule has 0 saturated heterocycles. The number of amides is 1. The molecular weight excluding hydrogens is 374 g/mol. The smallest absolute Gasteiger partial charge is 0.247 e. The van der Waals surface area contributed by atoms with Crippen molar-refractivity contribution in [3.05, 3.63) is 64.7 Å². The highest BCUT2D eigenvalue weighted by molar-refractivity contribution is 9.10. The third-order valence-corrected chi connectivity index (χ3v) is 4.18. The number of anilines is 1. The van der Waals surface area contributed by atoms with Crippen molar-refractivity contribution in [2.75, 3.05) is 18.5 Å². The van der Waals surface area contributed by atoms with Gasteiger partial charge in [-0.3, -0.25) is 9.59 Å². The van der Waals surface area contributed by atoms with Crippen molar-refractivity contribution in [2.45, 2.75) is 0 Å². The van der Waals surface area contributed by atoms with Crippen LogP contribution in [0.15, 0.2) is 53.5 Å². The number of halogens is 1. The van der Waals surface area contributed by atoms with E-state index in [9.17, 15) is 9.59 Å². The van der Waals surface area contributed by atoms with Crippen LogP contribution in [-0.2, 0) is 4.79 Å². The molecule has 1 amide bonds. The monoisotopic (exact) mass is 387 g/mol. The Morgan fingerprint density at radius 2 is 1.75 bits per heavy atom. The Balaban J connectivity index is 2.10. The van der Waals surface area contributed by atoms with Crippen LogP contribution in [-0.4, -0.2) is 24.9 Å². The van der Waals surface area contributed by atoms with Crippen LogP contribution < -0.4 is 14.8 Å². The van der Waals surface area contributed by atoms with E-state index in [-0.39, 0.29) is 5.78 Å². The number of benzene rings is 2. The summed E-state index contributed by atoms with van der Waals surface area (Å²) in [5.74, 6) is 0.323. The van der Waals surface area contributed by atoms with Gasteiger partial charge < -0.3 is 14.8 Å². The van der Waals surface area contributed by atoms with Crippen molar-refractivity contribution < 1.29 is 19.1 Å². The minimum atomic E-state index is -0.409. The van der Waals surface area contributed by atoms with Crippen LogP contribution in [0.25, 0.3) is 0 Å². The summed E-state index contributed by atoms with van der Waals surface area (Å²) in [4.78, 5) is 24.6. The molecule has 2 aromatic carbocycles. The largest absolute Gasteiger partial charge is 0.486 e. The molecule has 0 atom stereocenters. The topological polar surface area (TPSA) is 64.6 Å². The highest BCUT2D eigenvalue weighted by Crippen LogP contribution is 2.37. The van der Waals surface area contributed by atoms with E-state index in [2.05, 4.69) is 27.8 Å². The minimum absolute atomic E-state index is 0.237. The first-order valence-electron chi connectivity index (χ1n) is 7.26. The van der Waals surface area contributed by atoms with Gasteiger partial charge in [-0.25, -0.2) is 0 Å². The molecule has 0 aliphatic carbocycles. The highest BCUT2D eigenvalue weighted by atomic mass is 79.9. The molecular formula is C18H14BrNO4. The summed E-state index contributed by atoms with van der Waals surface area (Å²) in [7, 11) is 0. The van der Waals surface area contributed by atoms with Crippen molar-refractivity contribution in [1.82, 2.24) is 0 Å². The highest BCUT2D eigenvalue weighted by Gasteiger charge is 2.22. The van der Waals surface area contributed by atoms with Crippen LogP contribution in [0.5, 0.6) is 11.5 Å². The maximum Gasteiger partial charge on any atom is 0.247 e. The number of ketones is 1. The molecule has 1 aliphatic heterocycles. The molecule has 1 heterocycles. The van der Waals surface area contributed by atoms with E-state index in [0.29, 0.717) is 46.0 Å². The van der Waals surface area contributed by atoms with E-state index in [1.165, 1.54) is 0 Å². The molecule has 6 heteroatoms. The molecule has 0 saturated carbocycles. The average molecular weight is 388 g/mol. The number of carbonyl (C=O) groups excluding carboxylic acids is 2. The number of nitrogens with one attached hydrogen (secondary N) is 1. The van der Waals surface area contributed by atoms with Gasteiger partial charge in [0.25, 0.3) is 0 Å². The molecule has 3 rings (SSSR count). The van der Waals surface area contributed by atoms with Crippen LogP contribution in [0.3, 0.4) is 0 Å². The van der Waals surface area contributed by atoms with Crippen molar-refractivity contribution >= 4 is 33.3 Å². The number of hydrogen-bond acceptors (Lipinski definition) is 4. The summed E-state index contributed by atoms with van der Waals surface area (Å²) < 4.78 is 11.7.